The van der Waals surface area contributed by atoms with Crippen molar-refractivity contribution in [2.75, 3.05) is 31.3 Å². The van der Waals surface area contributed by atoms with E-state index in [1.807, 2.05) is 0 Å². The molecule has 0 amide bonds. The van der Waals surface area contributed by atoms with E-state index in [0.717, 1.165) is 0 Å². The second kappa shape index (κ2) is 5.21. The molecule has 0 radical (unpaired) electrons. The zero-order chi connectivity index (χ0) is 12.1. The van der Waals surface area contributed by atoms with Crippen molar-refractivity contribution in [3.8, 4) is 5.95 Å². The molecule has 0 aliphatic rings. The number of hydrogen-bond acceptors (Lipinski definition) is 7. The number of nitrogen functional groups attached to an aromatic ring is 1. The first-order valence-electron chi connectivity index (χ1n) is 5.04. The van der Waals surface area contributed by atoms with E-state index in [4.69, 9.17) is 10.5 Å². The van der Waals surface area contributed by atoms with Crippen molar-refractivity contribution in [2.45, 2.75) is 0 Å². The van der Waals surface area contributed by atoms with Crippen LogP contribution in [0, 0.1) is 0 Å². The van der Waals surface area contributed by atoms with E-state index in [2.05, 4.69) is 25.4 Å². The third-order valence-electron chi connectivity index (χ3n) is 1.94. The van der Waals surface area contributed by atoms with Crippen molar-refractivity contribution in [2.24, 2.45) is 0 Å². The van der Waals surface area contributed by atoms with Gasteiger partial charge >= 0.3 is 0 Å². The van der Waals surface area contributed by atoms with Crippen LogP contribution >= 0.6 is 0 Å². The summed E-state index contributed by atoms with van der Waals surface area (Å²) in [6.07, 6.45) is 3.37. The van der Waals surface area contributed by atoms with E-state index in [1.165, 1.54) is 4.68 Å². The number of methoxy groups -OCH3 is 1. The van der Waals surface area contributed by atoms with Gasteiger partial charge in [0.1, 0.15) is 0 Å². The second-order valence-corrected chi connectivity index (χ2v) is 3.19. The first-order chi connectivity index (χ1) is 8.29. The molecule has 0 aliphatic heterocycles. The summed E-state index contributed by atoms with van der Waals surface area (Å²) >= 11 is 0. The number of nitrogens with one attached hydrogen (secondary N) is 1. The summed E-state index contributed by atoms with van der Waals surface area (Å²) in [6.45, 7) is 1.15. The molecule has 0 spiro atoms. The molecule has 0 unspecified atom stereocenters. The lowest BCUT2D eigenvalue weighted by molar-refractivity contribution is 0.210. The zero-order valence-electron chi connectivity index (χ0n) is 9.37. The van der Waals surface area contributed by atoms with Crippen LogP contribution in [0.3, 0.4) is 0 Å². The number of ether oxygens (including phenoxy) is 1. The molecule has 0 saturated carbocycles. The maximum atomic E-state index is 5.60. The number of rotatable bonds is 5. The topological polar surface area (TPSA) is 104 Å². The van der Waals surface area contributed by atoms with Gasteiger partial charge in [0.15, 0.2) is 0 Å². The molecular weight excluding hydrogens is 222 g/mol. The Bertz CT molecular complexity index is 470. The Balaban J connectivity index is 2.18. The number of anilines is 2. The van der Waals surface area contributed by atoms with Crippen LogP contribution in [0.25, 0.3) is 5.95 Å². The lowest BCUT2D eigenvalue weighted by atomic mass is 10.6. The van der Waals surface area contributed by atoms with E-state index >= 15 is 0 Å². The van der Waals surface area contributed by atoms with E-state index < -0.39 is 0 Å². The predicted molar refractivity (Wildman–Crippen MR) is 61.7 cm³/mol. The lowest BCUT2D eigenvalue weighted by Crippen LogP contribution is -2.14. The monoisotopic (exact) mass is 235 g/mol. The molecule has 0 atom stereocenters. The minimum atomic E-state index is 0.144. The maximum absolute atomic E-state index is 5.60. The Morgan fingerprint density at radius 3 is 3.00 bits per heavy atom. The number of hydrogen-bond donors (Lipinski definition) is 2. The summed E-state index contributed by atoms with van der Waals surface area (Å²) in [4.78, 5) is 12.1. The van der Waals surface area contributed by atoms with Crippen molar-refractivity contribution >= 4 is 11.9 Å². The predicted octanol–water partition coefficient (Wildman–Crippen LogP) is -0.302. The molecule has 0 aromatic carbocycles. The van der Waals surface area contributed by atoms with Crippen LogP contribution in [0.15, 0.2) is 18.5 Å². The van der Waals surface area contributed by atoms with Gasteiger partial charge in [0.25, 0.3) is 5.95 Å². The molecule has 2 aromatic rings. The molecule has 0 saturated heterocycles. The first-order valence-corrected chi connectivity index (χ1v) is 5.04. The molecule has 0 aliphatic carbocycles. The van der Waals surface area contributed by atoms with Gasteiger partial charge in [0.05, 0.1) is 6.61 Å². The molecule has 2 heterocycles. The summed E-state index contributed by atoms with van der Waals surface area (Å²) in [5.74, 6) is 0.924. The normalized spacial score (nSPS) is 10.4. The zero-order valence-corrected chi connectivity index (χ0v) is 9.37. The van der Waals surface area contributed by atoms with Gasteiger partial charge in [-0.2, -0.15) is 20.1 Å². The highest BCUT2D eigenvalue weighted by atomic mass is 16.5. The summed E-state index contributed by atoms with van der Waals surface area (Å²) in [5, 5.41) is 7.00. The van der Waals surface area contributed by atoms with Crippen LogP contribution in [0.5, 0.6) is 0 Å². The standard InChI is InChI=1S/C9H13N7O/c1-17-6-4-11-8-13-7(10)14-9(15-8)16-5-2-3-12-16/h2-3,5H,4,6H2,1H3,(H3,10,11,13,14,15). The molecule has 0 bridgehead atoms. The number of nitrogens with two attached hydrogens (primary N) is 1. The van der Waals surface area contributed by atoms with Crippen molar-refractivity contribution < 1.29 is 4.74 Å². The number of nitrogens with zero attached hydrogens (tertiary/aromatic N) is 5. The largest absolute Gasteiger partial charge is 0.383 e. The summed E-state index contributed by atoms with van der Waals surface area (Å²) < 4.78 is 6.43. The van der Waals surface area contributed by atoms with E-state index in [0.29, 0.717) is 25.0 Å². The van der Waals surface area contributed by atoms with Crippen LogP contribution < -0.4 is 11.1 Å². The fourth-order valence-corrected chi connectivity index (χ4v) is 1.21. The minimum Gasteiger partial charge on any atom is -0.383 e. The fraction of sp³-hybridized carbons (Fsp3) is 0.333. The quantitative estimate of drug-likeness (QED) is 0.685. The van der Waals surface area contributed by atoms with Gasteiger partial charge in [-0.05, 0) is 6.07 Å². The van der Waals surface area contributed by atoms with Crippen LogP contribution in [-0.2, 0) is 4.74 Å². The summed E-state index contributed by atoms with van der Waals surface area (Å²) in [6, 6.07) is 1.78. The Labute approximate surface area is 97.9 Å². The van der Waals surface area contributed by atoms with Crippen molar-refractivity contribution in [1.82, 2.24) is 24.7 Å². The fourth-order valence-electron chi connectivity index (χ4n) is 1.21. The van der Waals surface area contributed by atoms with Crippen LogP contribution in [0.2, 0.25) is 0 Å². The SMILES string of the molecule is COCCNc1nc(N)nc(-n2cccn2)n1. The van der Waals surface area contributed by atoms with Crippen molar-refractivity contribution in [3.63, 3.8) is 0 Å². The highest BCUT2D eigenvalue weighted by Crippen LogP contribution is 2.05. The molecule has 3 N–H and O–H groups in total. The highest BCUT2D eigenvalue weighted by molar-refractivity contribution is 5.34. The number of aromatic nitrogens is 5. The Kier molecular flexibility index (Phi) is 3.46. The lowest BCUT2D eigenvalue weighted by Gasteiger charge is -2.06. The molecule has 2 rings (SSSR count). The van der Waals surface area contributed by atoms with Crippen LogP contribution in [0.4, 0.5) is 11.9 Å². The van der Waals surface area contributed by atoms with Gasteiger partial charge in [0, 0.05) is 26.0 Å². The van der Waals surface area contributed by atoms with Gasteiger partial charge in [-0.3, -0.25) is 0 Å². The second-order valence-electron chi connectivity index (χ2n) is 3.19. The Hall–Kier alpha value is -2.22. The third kappa shape index (κ3) is 2.88. The van der Waals surface area contributed by atoms with Gasteiger partial charge in [-0.25, -0.2) is 4.68 Å². The van der Waals surface area contributed by atoms with Gasteiger partial charge in [-0.15, -0.1) is 0 Å². The van der Waals surface area contributed by atoms with Crippen molar-refractivity contribution in [1.29, 1.82) is 0 Å². The molecule has 17 heavy (non-hydrogen) atoms. The van der Waals surface area contributed by atoms with Crippen LogP contribution in [-0.4, -0.2) is 45.0 Å². The Morgan fingerprint density at radius 1 is 1.41 bits per heavy atom. The smallest absolute Gasteiger partial charge is 0.257 e. The summed E-state index contributed by atoms with van der Waals surface area (Å²) in [5.41, 5.74) is 5.60. The minimum absolute atomic E-state index is 0.144. The van der Waals surface area contributed by atoms with Gasteiger partial charge < -0.3 is 15.8 Å². The van der Waals surface area contributed by atoms with E-state index in [9.17, 15) is 0 Å². The molecule has 8 nitrogen and oxygen atoms in total. The first kappa shape index (κ1) is 11.3. The molecular formula is C9H13N7O. The van der Waals surface area contributed by atoms with Crippen LogP contribution in [0.1, 0.15) is 0 Å². The van der Waals surface area contributed by atoms with E-state index in [-0.39, 0.29) is 5.95 Å². The average Bonchev–Trinajstić information content (AvgIpc) is 2.82. The molecule has 8 heteroatoms. The van der Waals surface area contributed by atoms with Crippen molar-refractivity contribution in [3.05, 3.63) is 18.5 Å². The molecule has 90 valence electrons. The van der Waals surface area contributed by atoms with Gasteiger partial charge in [-0.1, -0.05) is 0 Å². The third-order valence-corrected chi connectivity index (χ3v) is 1.94. The summed E-state index contributed by atoms with van der Waals surface area (Å²) in [7, 11) is 1.62. The van der Waals surface area contributed by atoms with E-state index in [1.54, 1.807) is 25.6 Å². The maximum Gasteiger partial charge on any atom is 0.257 e. The highest BCUT2D eigenvalue weighted by Gasteiger charge is 2.05. The average molecular weight is 235 g/mol. The Morgan fingerprint density at radius 2 is 2.29 bits per heavy atom. The van der Waals surface area contributed by atoms with Gasteiger partial charge in [0.2, 0.25) is 11.9 Å². The molecule has 0 fully saturated rings. The molecule has 2 aromatic heterocycles.